The Labute approximate surface area is 160 Å². The summed E-state index contributed by atoms with van der Waals surface area (Å²) in [5.74, 6) is 2.75. The number of piperidine rings is 1. The molecule has 2 fully saturated rings. The first-order chi connectivity index (χ1) is 13.2. The van der Waals surface area contributed by atoms with Gasteiger partial charge in [-0.15, -0.1) is 10.2 Å². The molecule has 0 N–H and O–H groups in total. The zero-order chi connectivity index (χ0) is 18.6. The van der Waals surface area contributed by atoms with Gasteiger partial charge in [-0.25, -0.2) is 0 Å². The molecular formula is C19H29N7O. The summed E-state index contributed by atoms with van der Waals surface area (Å²) < 4.78 is 3.99. The second-order valence-electron chi connectivity index (χ2n) is 7.69. The summed E-state index contributed by atoms with van der Waals surface area (Å²) >= 11 is 0. The van der Waals surface area contributed by atoms with Gasteiger partial charge in [0.05, 0.1) is 6.54 Å². The van der Waals surface area contributed by atoms with Crippen LogP contribution in [-0.2, 0) is 24.9 Å². The Morgan fingerprint density at radius 3 is 2.63 bits per heavy atom. The van der Waals surface area contributed by atoms with Gasteiger partial charge in [0.2, 0.25) is 5.91 Å². The van der Waals surface area contributed by atoms with Crippen molar-refractivity contribution >= 4 is 5.91 Å². The molecule has 2 aliphatic rings. The van der Waals surface area contributed by atoms with Gasteiger partial charge >= 0.3 is 0 Å². The Hall–Kier alpha value is -2.22. The van der Waals surface area contributed by atoms with Crippen LogP contribution in [0.4, 0.5) is 0 Å². The van der Waals surface area contributed by atoms with E-state index in [0.29, 0.717) is 18.9 Å². The van der Waals surface area contributed by atoms with E-state index < -0.39 is 0 Å². The molecule has 0 aromatic carbocycles. The molecule has 0 aliphatic carbocycles. The van der Waals surface area contributed by atoms with E-state index in [1.165, 1.54) is 25.9 Å². The van der Waals surface area contributed by atoms with Gasteiger partial charge < -0.3 is 9.47 Å². The quantitative estimate of drug-likeness (QED) is 0.768. The van der Waals surface area contributed by atoms with E-state index in [4.69, 9.17) is 0 Å². The van der Waals surface area contributed by atoms with Crippen LogP contribution >= 0.6 is 0 Å². The molecule has 2 aliphatic heterocycles. The van der Waals surface area contributed by atoms with Gasteiger partial charge in [0.25, 0.3) is 0 Å². The van der Waals surface area contributed by atoms with Crippen molar-refractivity contribution in [3.63, 3.8) is 0 Å². The lowest BCUT2D eigenvalue weighted by Gasteiger charge is -2.31. The Morgan fingerprint density at radius 1 is 1.15 bits per heavy atom. The highest BCUT2D eigenvalue weighted by Gasteiger charge is 2.27. The average molecular weight is 371 g/mol. The molecule has 0 atom stereocenters. The predicted octanol–water partition coefficient (Wildman–Crippen LogP) is 1.40. The van der Waals surface area contributed by atoms with Crippen molar-refractivity contribution < 1.29 is 4.79 Å². The van der Waals surface area contributed by atoms with Crippen molar-refractivity contribution in [3.8, 4) is 0 Å². The van der Waals surface area contributed by atoms with E-state index in [-0.39, 0.29) is 5.91 Å². The summed E-state index contributed by atoms with van der Waals surface area (Å²) in [6.45, 7) is 5.49. The third-order valence-corrected chi connectivity index (χ3v) is 5.89. The summed E-state index contributed by atoms with van der Waals surface area (Å²) in [6.07, 6.45) is 8.65. The van der Waals surface area contributed by atoms with Crippen LogP contribution in [0.25, 0.3) is 0 Å². The zero-order valence-electron chi connectivity index (χ0n) is 16.1. The van der Waals surface area contributed by atoms with Crippen LogP contribution in [0.15, 0.2) is 18.5 Å². The Balaban J connectivity index is 1.28. The summed E-state index contributed by atoms with van der Waals surface area (Å²) in [5, 5.41) is 13.1. The third-order valence-electron chi connectivity index (χ3n) is 5.89. The SMILES string of the molecule is Cn1c(CN2CCCC2)nnc1C1CCN(C(=O)CCn2cccn2)CC1. The predicted molar refractivity (Wildman–Crippen MR) is 101 cm³/mol. The van der Waals surface area contributed by atoms with Crippen LogP contribution in [0, 0.1) is 0 Å². The summed E-state index contributed by atoms with van der Waals surface area (Å²) in [5.41, 5.74) is 0. The molecule has 0 spiro atoms. The number of nitrogens with zero attached hydrogens (tertiary/aromatic N) is 7. The van der Waals surface area contributed by atoms with E-state index in [2.05, 4.69) is 31.8 Å². The first-order valence-electron chi connectivity index (χ1n) is 10.1. The second-order valence-corrected chi connectivity index (χ2v) is 7.69. The van der Waals surface area contributed by atoms with E-state index in [0.717, 1.165) is 44.1 Å². The number of aromatic nitrogens is 5. The molecule has 8 nitrogen and oxygen atoms in total. The van der Waals surface area contributed by atoms with E-state index in [1.54, 1.807) is 6.20 Å². The van der Waals surface area contributed by atoms with Gasteiger partial charge in [-0.05, 0) is 44.8 Å². The van der Waals surface area contributed by atoms with E-state index in [9.17, 15) is 4.79 Å². The number of likely N-dealkylation sites (tertiary alicyclic amines) is 2. The van der Waals surface area contributed by atoms with Gasteiger partial charge in [0.15, 0.2) is 0 Å². The third kappa shape index (κ3) is 4.21. The van der Waals surface area contributed by atoms with Gasteiger partial charge in [0.1, 0.15) is 11.6 Å². The van der Waals surface area contributed by atoms with Crippen LogP contribution in [-0.4, -0.2) is 66.4 Å². The smallest absolute Gasteiger partial charge is 0.224 e. The van der Waals surface area contributed by atoms with E-state index in [1.807, 2.05) is 21.8 Å². The second kappa shape index (κ2) is 8.21. The van der Waals surface area contributed by atoms with Crippen molar-refractivity contribution in [1.82, 2.24) is 34.3 Å². The summed E-state index contributed by atoms with van der Waals surface area (Å²) in [4.78, 5) is 16.9. The monoisotopic (exact) mass is 371 g/mol. The number of hydrogen-bond acceptors (Lipinski definition) is 5. The Morgan fingerprint density at radius 2 is 1.93 bits per heavy atom. The molecule has 2 saturated heterocycles. The van der Waals surface area contributed by atoms with Gasteiger partial charge in [-0.1, -0.05) is 0 Å². The molecule has 146 valence electrons. The minimum Gasteiger partial charge on any atom is -0.343 e. The molecule has 1 amide bonds. The van der Waals surface area contributed by atoms with Crippen LogP contribution in [0.2, 0.25) is 0 Å². The topological polar surface area (TPSA) is 72.1 Å². The van der Waals surface area contributed by atoms with Gasteiger partial charge in [-0.2, -0.15) is 5.10 Å². The number of carbonyl (C=O) groups is 1. The lowest BCUT2D eigenvalue weighted by Crippen LogP contribution is -2.38. The molecule has 0 saturated carbocycles. The highest BCUT2D eigenvalue weighted by atomic mass is 16.2. The van der Waals surface area contributed by atoms with Gasteiger partial charge in [-0.3, -0.25) is 14.4 Å². The Kier molecular flexibility index (Phi) is 5.52. The van der Waals surface area contributed by atoms with Crippen molar-refractivity contribution in [1.29, 1.82) is 0 Å². The lowest BCUT2D eigenvalue weighted by atomic mass is 9.95. The van der Waals surface area contributed by atoms with Crippen molar-refractivity contribution in [3.05, 3.63) is 30.1 Å². The first kappa shape index (κ1) is 18.2. The largest absolute Gasteiger partial charge is 0.343 e. The minimum atomic E-state index is 0.219. The van der Waals surface area contributed by atoms with Crippen molar-refractivity contribution in [2.45, 2.75) is 51.1 Å². The number of rotatable bonds is 6. The van der Waals surface area contributed by atoms with Crippen molar-refractivity contribution in [2.24, 2.45) is 7.05 Å². The van der Waals surface area contributed by atoms with E-state index >= 15 is 0 Å². The molecule has 0 bridgehead atoms. The van der Waals surface area contributed by atoms with Crippen LogP contribution in [0.5, 0.6) is 0 Å². The molecule has 4 rings (SSSR count). The molecule has 2 aromatic rings. The fourth-order valence-corrected chi connectivity index (χ4v) is 4.20. The summed E-state index contributed by atoms with van der Waals surface area (Å²) in [6, 6.07) is 1.88. The maximum absolute atomic E-state index is 12.4. The number of carbonyl (C=O) groups excluding carboxylic acids is 1. The maximum Gasteiger partial charge on any atom is 0.224 e. The highest BCUT2D eigenvalue weighted by Crippen LogP contribution is 2.27. The maximum atomic E-state index is 12.4. The molecule has 0 unspecified atom stereocenters. The van der Waals surface area contributed by atoms with Crippen LogP contribution in [0.1, 0.15) is 49.7 Å². The molecule has 27 heavy (non-hydrogen) atoms. The Bertz CT molecular complexity index is 740. The highest BCUT2D eigenvalue weighted by molar-refractivity contribution is 5.76. The number of amides is 1. The zero-order valence-corrected chi connectivity index (χ0v) is 16.1. The summed E-state index contributed by atoms with van der Waals surface area (Å²) in [7, 11) is 2.09. The number of hydrogen-bond donors (Lipinski definition) is 0. The minimum absolute atomic E-state index is 0.219. The molecular weight excluding hydrogens is 342 g/mol. The fraction of sp³-hybridized carbons (Fsp3) is 0.684. The normalized spacial score (nSPS) is 19.1. The van der Waals surface area contributed by atoms with Crippen LogP contribution in [0.3, 0.4) is 0 Å². The molecule has 4 heterocycles. The fourth-order valence-electron chi connectivity index (χ4n) is 4.20. The lowest BCUT2D eigenvalue weighted by molar-refractivity contribution is -0.132. The molecule has 2 aromatic heterocycles. The average Bonchev–Trinajstić information content (AvgIpc) is 3.44. The van der Waals surface area contributed by atoms with Gasteiger partial charge in [0, 0.05) is 51.4 Å². The molecule has 8 heteroatoms. The standard InChI is InChI=1S/C19H29N7O/c1-23-17(15-24-9-2-3-10-24)21-22-19(23)16-5-12-25(13-6-16)18(27)7-14-26-11-4-8-20-26/h4,8,11,16H,2-3,5-7,9-10,12-15H2,1H3. The number of aryl methyl sites for hydroxylation is 1. The molecule has 0 radical (unpaired) electrons. The van der Waals surface area contributed by atoms with Crippen molar-refractivity contribution in [2.75, 3.05) is 26.2 Å². The van der Waals surface area contributed by atoms with Crippen LogP contribution < -0.4 is 0 Å². The first-order valence-corrected chi connectivity index (χ1v) is 10.1.